The van der Waals surface area contributed by atoms with Gasteiger partial charge >= 0.3 is 5.97 Å². The summed E-state index contributed by atoms with van der Waals surface area (Å²) in [5.41, 5.74) is 3.64. The zero-order valence-corrected chi connectivity index (χ0v) is 11.1. The van der Waals surface area contributed by atoms with Crippen molar-refractivity contribution in [1.82, 2.24) is 15.2 Å². The number of carboxylic acids is 1. The van der Waals surface area contributed by atoms with Gasteiger partial charge in [-0.05, 0) is 25.0 Å². The molecule has 5 heteroatoms. The Morgan fingerprint density at radius 2 is 2.16 bits per heavy atom. The number of benzene rings is 1. The van der Waals surface area contributed by atoms with Crippen molar-refractivity contribution < 1.29 is 9.90 Å². The van der Waals surface area contributed by atoms with Crippen molar-refractivity contribution >= 4 is 5.97 Å². The summed E-state index contributed by atoms with van der Waals surface area (Å²) in [6, 6.07) is 6.30. The Kier molecular flexibility index (Phi) is 3.94. The SMILES string of the molecule is Cc1ccc(C)c(Cc2nc(CCC(=O)O)n[nH]2)c1. The lowest BCUT2D eigenvalue weighted by atomic mass is 10.0. The van der Waals surface area contributed by atoms with Gasteiger partial charge in [-0.25, -0.2) is 4.98 Å². The fourth-order valence-electron chi connectivity index (χ4n) is 1.92. The largest absolute Gasteiger partial charge is 0.481 e. The monoisotopic (exact) mass is 259 g/mol. The van der Waals surface area contributed by atoms with E-state index >= 15 is 0 Å². The van der Waals surface area contributed by atoms with Crippen LogP contribution in [-0.2, 0) is 17.6 Å². The molecule has 0 saturated heterocycles. The predicted octanol–water partition coefficient (Wildman–Crippen LogP) is 2.03. The molecule has 0 spiro atoms. The first-order valence-corrected chi connectivity index (χ1v) is 6.22. The van der Waals surface area contributed by atoms with Crippen molar-refractivity contribution in [1.29, 1.82) is 0 Å². The highest BCUT2D eigenvalue weighted by Gasteiger charge is 2.08. The second-order valence-corrected chi connectivity index (χ2v) is 4.70. The number of aromatic amines is 1. The number of aromatic nitrogens is 3. The van der Waals surface area contributed by atoms with E-state index in [0.29, 0.717) is 18.7 Å². The van der Waals surface area contributed by atoms with Crippen LogP contribution in [0.4, 0.5) is 0 Å². The van der Waals surface area contributed by atoms with Gasteiger partial charge < -0.3 is 5.11 Å². The summed E-state index contributed by atoms with van der Waals surface area (Å²) in [6.07, 6.45) is 1.10. The molecule has 0 bridgehead atoms. The average Bonchev–Trinajstić information content (AvgIpc) is 2.79. The number of hydrogen-bond acceptors (Lipinski definition) is 3. The minimum atomic E-state index is -0.833. The van der Waals surface area contributed by atoms with Gasteiger partial charge in [-0.3, -0.25) is 9.89 Å². The second kappa shape index (κ2) is 5.65. The van der Waals surface area contributed by atoms with Gasteiger partial charge in [-0.1, -0.05) is 23.8 Å². The molecule has 5 nitrogen and oxygen atoms in total. The van der Waals surface area contributed by atoms with Crippen LogP contribution in [0.2, 0.25) is 0 Å². The van der Waals surface area contributed by atoms with E-state index in [1.165, 1.54) is 16.7 Å². The van der Waals surface area contributed by atoms with Gasteiger partial charge in [0.1, 0.15) is 5.82 Å². The molecule has 1 aromatic carbocycles. The van der Waals surface area contributed by atoms with Crippen LogP contribution in [0.15, 0.2) is 18.2 Å². The molecule has 0 radical (unpaired) electrons. The van der Waals surface area contributed by atoms with Crippen LogP contribution in [0.3, 0.4) is 0 Å². The molecule has 0 fully saturated rings. The van der Waals surface area contributed by atoms with Crippen molar-refractivity contribution in [3.63, 3.8) is 0 Å². The highest BCUT2D eigenvalue weighted by Crippen LogP contribution is 2.14. The molecular weight excluding hydrogens is 242 g/mol. The number of hydrogen-bond donors (Lipinski definition) is 2. The third kappa shape index (κ3) is 3.64. The van der Waals surface area contributed by atoms with Crippen LogP contribution < -0.4 is 0 Å². The zero-order chi connectivity index (χ0) is 13.8. The van der Waals surface area contributed by atoms with Gasteiger partial charge in [0.15, 0.2) is 5.82 Å². The minimum Gasteiger partial charge on any atom is -0.481 e. The van der Waals surface area contributed by atoms with Crippen LogP contribution in [0.1, 0.15) is 34.8 Å². The molecule has 0 aliphatic rings. The highest BCUT2D eigenvalue weighted by molar-refractivity contribution is 5.66. The normalized spacial score (nSPS) is 10.6. The van der Waals surface area contributed by atoms with Gasteiger partial charge in [0.05, 0.1) is 6.42 Å². The third-order valence-electron chi connectivity index (χ3n) is 3.00. The predicted molar refractivity (Wildman–Crippen MR) is 71.1 cm³/mol. The summed E-state index contributed by atoms with van der Waals surface area (Å²) >= 11 is 0. The summed E-state index contributed by atoms with van der Waals surface area (Å²) in [6.45, 7) is 4.12. The van der Waals surface area contributed by atoms with Crippen molar-refractivity contribution in [2.45, 2.75) is 33.1 Å². The van der Waals surface area contributed by atoms with Crippen molar-refractivity contribution in [3.05, 3.63) is 46.5 Å². The van der Waals surface area contributed by atoms with Crippen molar-refractivity contribution in [2.24, 2.45) is 0 Å². The summed E-state index contributed by atoms with van der Waals surface area (Å²) < 4.78 is 0. The zero-order valence-electron chi connectivity index (χ0n) is 11.1. The number of aliphatic carboxylic acids is 1. The molecule has 100 valence electrons. The smallest absolute Gasteiger partial charge is 0.303 e. The van der Waals surface area contributed by atoms with Gasteiger partial charge in [0.2, 0.25) is 0 Å². The first kappa shape index (κ1) is 13.3. The quantitative estimate of drug-likeness (QED) is 0.861. The first-order valence-electron chi connectivity index (χ1n) is 6.22. The van der Waals surface area contributed by atoms with Crippen molar-refractivity contribution in [2.75, 3.05) is 0 Å². The number of rotatable bonds is 5. The van der Waals surface area contributed by atoms with Crippen LogP contribution in [0.25, 0.3) is 0 Å². The van der Waals surface area contributed by atoms with Gasteiger partial charge in [0, 0.05) is 12.8 Å². The Labute approximate surface area is 111 Å². The van der Waals surface area contributed by atoms with Crippen LogP contribution >= 0.6 is 0 Å². The molecule has 2 N–H and O–H groups in total. The van der Waals surface area contributed by atoms with Crippen LogP contribution in [-0.4, -0.2) is 26.3 Å². The van der Waals surface area contributed by atoms with E-state index in [2.05, 4.69) is 47.2 Å². The number of carboxylic acid groups (broad SMARTS) is 1. The minimum absolute atomic E-state index is 0.0563. The third-order valence-corrected chi connectivity index (χ3v) is 3.00. The number of nitrogens with one attached hydrogen (secondary N) is 1. The van der Waals surface area contributed by atoms with E-state index < -0.39 is 5.97 Å². The second-order valence-electron chi connectivity index (χ2n) is 4.70. The lowest BCUT2D eigenvalue weighted by Crippen LogP contribution is -1.99. The average molecular weight is 259 g/mol. The number of carbonyl (C=O) groups is 1. The Hall–Kier alpha value is -2.17. The standard InChI is InChI=1S/C14H17N3O2/c1-9-3-4-10(2)11(7-9)8-13-15-12(16-17-13)5-6-14(18)19/h3-4,7H,5-6,8H2,1-2H3,(H,18,19)(H,15,16,17). The fourth-order valence-corrected chi connectivity index (χ4v) is 1.92. The van der Waals surface area contributed by atoms with E-state index in [1.54, 1.807) is 0 Å². The lowest BCUT2D eigenvalue weighted by molar-refractivity contribution is -0.137. The molecule has 19 heavy (non-hydrogen) atoms. The Bertz CT molecular complexity index is 590. The summed E-state index contributed by atoms with van der Waals surface area (Å²) in [5.74, 6) is 0.498. The van der Waals surface area contributed by atoms with Gasteiger partial charge in [-0.15, -0.1) is 0 Å². The molecular formula is C14H17N3O2. The topological polar surface area (TPSA) is 78.9 Å². The Balaban J connectivity index is 2.07. The Morgan fingerprint density at radius 1 is 1.37 bits per heavy atom. The molecule has 0 aliphatic heterocycles. The van der Waals surface area contributed by atoms with E-state index in [0.717, 1.165) is 5.82 Å². The maximum absolute atomic E-state index is 10.5. The molecule has 0 amide bonds. The van der Waals surface area contributed by atoms with E-state index in [9.17, 15) is 4.79 Å². The molecule has 0 aliphatic carbocycles. The number of H-pyrrole nitrogens is 1. The molecule has 0 saturated carbocycles. The van der Waals surface area contributed by atoms with E-state index in [4.69, 9.17) is 5.11 Å². The highest BCUT2D eigenvalue weighted by atomic mass is 16.4. The van der Waals surface area contributed by atoms with Gasteiger partial charge in [-0.2, -0.15) is 5.10 Å². The lowest BCUT2D eigenvalue weighted by Gasteiger charge is -2.04. The Morgan fingerprint density at radius 3 is 2.89 bits per heavy atom. The maximum Gasteiger partial charge on any atom is 0.303 e. The first-order chi connectivity index (χ1) is 9.04. The molecule has 0 unspecified atom stereocenters. The van der Waals surface area contributed by atoms with E-state index in [-0.39, 0.29) is 6.42 Å². The maximum atomic E-state index is 10.5. The summed E-state index contributed by atoms with van der Waals surface area (Å²) in [5, 5.41) is 15.5. The molecule has 1 heterocycles. The summed E-state index contributed by atoms with van der Waals surface area (Å²) in [4.78, 5) is 14.8. The van der Waals surface area contributed by atoms with Crippen LogP contribution in [0, 0.1) is 13.8 Å². The van der Waals surface area contributed by atoms with Crippen LogP contribution in [0.5, 0.6) is 0 Å². The fraction of sp³-hybridized carbons (Fsp3) is 0.357. The number of nitrogens with zero attached hydrogens (tertiary/aromatic N) is 2. The van der Waals surface area contributed by atoms with Gasteiger partial charge in [0.25, 0.3) is 0 Å². The molecule has 1 aromatic heterocycles. The molecule has 2 aromatic rings. The summed E-state index contributed by atoms with van der Waals surface area (Å²) in [7, 11) is 0. The number of aryl methyl sites for hydroxylation is 3. The van der Waals surface area contributed by atoms with Crippen molar-refractivity contribution in [3.8, 4) is 0 Å². The molecule has 0 atom stereocenters. The molecule has 2 rings (SSSR count). The van der Waals surface area contributed by atoms with E-state index in [1.807, 2.05) is 0 Å².